The topological polar surface area (TPSA) is 84.3 Å². The van der Waals surface area contributed by atoms with Crippen LogP contribution in [0.2, 0.25) is 5.02 Å². The van der Waals surface area contributed by atoms with E-state index in [0.717, 1.165) is 12.0 Å². The van der Waals surface area contributed by atoms with Crippen LogP contribution in [0.1, 0.15) is 23.4 Å². The minimum atomic E-state index is -3.43. The van der Waals surface area contributed by atoms with Crippen LogP contribution in [0.4, 0.5) is 26.1 Å². The molecule has 0 radical (unpaired) electrons. The third-order valence-corrected chi connectivity index (χ3v) is 8.18. The Bertz CT molecular complexity index is 1140. The monoisotopic (exact) mass is 522 g/mol. The number of benzene rings is 2. The lowest BCUT2D eigenvalue weighted by atomic mass is 10.1. The van der Waals surface area contributed by atoms with Crippen molar-refractivity contribution in [3.8, 4) is 0 Å². The standard InChI is InChI=1S/C23H25ClF2N6S2/c1-33-34-17-11-12-31(14-17)20-19(27)21(32(28)13-15-7-5-6-10-18(15)24)30-22(29-20)23(25,26)16-8-3-2-4-9-16/h2-10,17H,11-14,27-28H2,1H3. The lowest BCUT2D eigenvalue weighted by Crippen LogP contribution is -2.34. The quantitative estimate of drug-likeness (QED) is 0.233. The van der Waals surface area contributed by atoms with Gasteiger partial charge >= 0.3 is 5.92 Å². The van der Waals surface area contributed by atoms with Crippen molar-refractivity contribution in [2.75, 3.05) is 35.0 Å². The van der Waals surface area contributed by atoms with Crippen molar-refractivity contribution < 1.29 is 8.78 Å². The molecule has 11 heteroatoms. The smallest absolute Gasteiger partial charge is 0.331 e. The number of aromatic nitrogens is 2. The Kier molecular flexibility index (Phi) is 7.71. The first kappa shape index (κ1) is 24.8. The fraction of sp³-hybridized carbons (Fsp3) is 0.304. The molecule has 1 unspecified atom stereocenters. The summed E-state index contributed by atoms with van der Waals surface area (Å²) in [7, 11) is 3.44. The maximum atomic E-state index is 15.5. The van der Waals surface area contributed by atoms with Gasteiger partial charge in [-0.05, 0) is 24.3 Å². The van der Waals surface area contributed by atoms with Gasteiger partial charge in [-0.1, -0.05) is 81.7 Å². The lowest BCUT2D eigenvalue weighted by Gasteiger charge is -2.27. The number of nitrogens with zero attached hydrogens (tertiary/aromatic N) is 4. The second-order valence-electron chi connectivity index (χ2n) is 7.89. The average Bonchev–Trinajstić information content (AvgIpc) is 3.29. The van der Waals surface area contributed by atoms with E-state index in [9.17, 15) is 0 Å². The summed E-state index contributed by atoms with van der Waals surface area (Å²) in [6, 6.07) is 14.7. The molecular weight excluding hydrogens is 498 g/mol. The highest BCUT2D eigenvalue weighted by Gasteiger charge is 2.40. The molecule has 0 spiro atoms. The van der Waals surface area contributed by atoms with Gasteiger partial charge in [-0.3, -0.25) is 5.01 Å². The fourth-order valence-corrected chi connectivity index (χ4v) is 6.04. The highest BCUT2D eigenvalue weighted by Crippen LogP contribution is 2.40. The average molecular weight is 523 g/mol. The molecule has 180 valence electrons. The molecule has 1 fully saturated rings. The Labute approximate surface area is 210 Å². The molecule has 0 bridgehead atoms. The molecule has 34 heavy (non-hydrogen) atoms. The van der Waals surface area contributed by atoms with Crippen LogP contribution in [0.5, 0.6) is 0 Å². The Balaban J connectivity index is 1.77. The summed E-state index contributed by atoms with van der Waals surface area (Å²) in [5.41, 5.74) is 7.13. The van der Waals surface area contributed by atoms with Crippen molar-refractivity contribution in [3.63, 3.8) is 0 Å². The van der Waals surface area contributed by atoms with E-state index >= 15 is 8.78 Å². The van der Waals surface area contributed by atoms with E-state index in [1.165, 1.54) is 17.1 Å². The van der Waals surface area contributed by atoms with Gasteiger partial charge in [0.2, 0.25) is 5.82 Å². The molecule has 4 N–H and O–H groups in total. The molecular formula is C23H25ClF2N6S2. The van der Waals surface area contributed by atoms with Gasteiger partial charge in [-0.15, -0.1) is 0 Å². The molecule has 2 aromatic carbocycles. The number of anilines is 3. The van der Waals surface area contributed by atoms with Crippen molar-refractivity contribution >= 4 is 50.5 Å². The third kappa shape index (κ3) is 5.19. The predicted molar refractivity (Wildman–Crippen MR) is 139 cm³/mol. The molecule has 4 rings (SSSR count). The molecule has 0 aliphatic carbocycles. The van der Waals surface area contributed by atoms with Gasteiger partial charge in [-0.2, -0.15) is 8.78 Å². The Morgan fingerprint density at radius 2 is 1.85 bits per heavy atom. The van der Waals surface area contributed by atoms with Gasteiger partial charge in [0.25, 0.3) is 0 Å². The molecule has 1 saturated heterocycles. The molecule has 0 amide bonds. The van der Waals surface area contributed by atoms with Gasteiger partial charge in [0, 0.05) is 28.9 Å². The van der Waals surface area contributed by atoms with Gasteiger partial charge in [-0.25, -0.2) is 15.8 Å². The van der Waals surface area contributed by atoms with E-state index in [1.54, 1.807) is 51.9 Å². The summed E-state index contributed by atoms with van der Waals surface area (Å²) in [5.74, 6) is 2.56. The van der Waals surface area contributed by atoms with Crippen LogP contribution in [-0.2, 0) is 12.5 Å². The SMILES string of the molecule is CSSC1CCN(c2nc(C(F)(F)c3ccccc3)nc(N(N)Cc3ccccc3Cl)c2N)C1. The number of hydrazine groups is 1. The van der Waals surface area contributed by atoms with Crippen LogP contribution in [0.25, 0.3) is 0 Å². The molecule has 6 nitrogen and oxygen atoms in total. The Morgan fingerprint density at radius 3 is 2.56 bits per heavy atom. The Hall–Kier alpha value is -2.27. The van der Waals surface area contributed by atoms with E-state index in [4.69, 9.17) is 23.2 Å². The van der Waals surface area contributed by atoms with Crippen molar-refractivity contribution in [3.05, 3.63) is 76.6 Å². The maximum absolute atomic E-state index is 15.5. The minimum absolute atomic E-state index is 0.0384. The first-order chi connectivity index (χ1) is 16.3. The summed E-state index contributed by atoms with van der Waals surface area (Å²) in [6.07, 6.45) is 2.92. The van der Waals surface area contributed by atoms with E-state index in [1.807, 2.05) is 23.3 Å². The molecule has 3 aromatic rings. The number of alkyl halides is 2. The van der Waals surface area contributed by atoms with Crippen LogP contribution in [0, 0.1) is 0 Å². The minimum Gasteiger partial charge on any atom is -0.393 e. The predicted octanol–water partition coefficient (Wildman–Crippen LogP) is 5.32. The number of rotatable bonds is 8. The number of nitrogens with two attached hydrogens (primary N) is 2. The van der Waals surface area contributed by atoms with E-state index in [-0.39, 0.29) is 29.4 Å². The highest BCUT2D eigenvalue weighted by molar-refractivity contribution is 8.76. The lowest BCUT2D eigenvalue weighted by molar-refractivity contribution is 0.0330. The van der Waals surface area contributed by atoms with Gasteiger partial charge < -0.3 is 10.6 Å². The number of hydrogen-bond acceptors (Lipinski definition) is 8. The van der Waals surface area contributed by atoms with Crippen LogP contribution in [0.3, 0.4) is 0 Å². The molecule has 1 atom stereocenters. The maximum Gasteiger partial charge on any atom is 0.331 e. The molecule has 1 aromatic heterocycles. The van der Waals surface area contributed by atoms with Crippen LogP contribution < -0.4 is 21.5 Å². The van der Waals surface area contributed by atoms with Crippen LogP contribution >= 0.6 is 33.2 Å². The largest absolute Gasteiger partial charge is 0.393 e. The number of halogens is 3. The first-order valence-corrected chi connectivity index (χ1v) is 13.6. The van der Waals surface area contributed by atoms with Crippen LogP contribution in [0.15, 0.2) is 54.6 Å². The molecule has 0 saturated carbocycles. The summed E-state index contributed by atoms with van der Waals surface area (Å²) in [4.78, 5) is 10.4. The number of hydrogen-bond donors (Lipinski definition) is 2. The van der Waals surface area contributed by atoms with E-state index < -0.39 is 11.7 Å². The fourth-order valence-electron chi connectivity index (χ4n) is 3.84. The van der Waals surface area contributed by atoms with Gasteiger partial charge in [0.05, 0.1) is 6.54 Å². The first-order valence-electron chi connectivity index (χ1n) is 10.6. The highest BCUT2D eigenvalue weighted by atomic mass is 35.5. The van der Waals surface area contributed by atoms with Crippen LogP contribution in [-0.4, -0.2) is 34.6 Å². The second kappa shape index (κ2) is 10.6. The molecule has 2 heterocycles. The summed E-state index contributed by atoms with van der Waals surface area (Å²) < 4.78 is 31.1. The summed E-state index contributed by atoms with van der Waals surface area (Å²) >= 11 is 6.28. The third-order valence-electron chi connectivity index (χ3n) is 5.57. The summed E-state index contributed by atoms with van der Waals surface area (Å²) in [5, 5.41) is 2.11. The molecule has 1 aliphatic heterocycles. The molecule has 1 aliphatic rings. The second-order valence-corrected chi connectivity index (χ2v) is 11.1. The number of nitrogen functional groups attached to an aromatic ring is 1. The van der Waals surface area contributed by atoms with E-state index in [0.29, 0.717) is 23.4 Å². The van der Waals surface area contributed by atoms with Crippen molar-refractivity contribution in [1.82, 2.24) is 9.97 Å². The van der Waals surface area contributed by atoms with Gasteiger partial charge in [0.15, 0.2) is 11.6 Å². The van der Waals surface area contributed by atoms with E-state index in [2.05, 4.69) is 9.97 Å². The Morgan fingerprint density at radius 1 is 1.15 bits per heavy atom. The zero-order chi connectivity index (χ0) is 24.3. The van der Waals surface area contributed by atoms with Crippen molar-refractivity contribution in [1.29, 1.82) is 0 Å². The zero-order valence-electron chi connectivity index (χ0n) is 18.5. The normalized spacial score (nSPS) is 16.1. The van der Waals surface area contributed by atoms with Crippen molar-refractivity contribution in [2.24, 2.45) is 5.84 Å². The van der Waals surface area contributed by atoms with Crippen molar-refractivity contribution in [2.45, 2.75) is 24.1 Å². The summed E-state index contributed by atoms with van der Waals surface area (Å²) in [6.45, 7) is 1.45. The van der Waals surface area contributed by atoms with Gasteiger partial charge in [0.1, 0.15) is 5.69 Å². The zero-order valence-corrected chi connectivity index (χ0v) is 20.9.